The van der Waals surface area contributed by atoms with Crippen LogP contribution in [-0.2, 0) is 13.0 Å². The predicted molar refractivity (Wildman–Crippen MR) is 137 cm³/mol. The topological polar surface area (TPSA) is 79.8 Å². The van der Waals surface area contributed by atoms with Crippen LogP contribution in [0.2, 0.25) is 0 Å². The van der Waals surface area contributed by atoms with E-state index in [0.29, 0.717) is 11.1 Å². The number of nitrogens with zero attached hydrogens (tertiary/aromatic N) is 2. The average Bonchev–Trinajstić information content (AvgIpc) is 3.15. The number of benzene rings is 1. The number of pyridine rings is 2. The zero-order chi connectivity index (χ0) is 24.4. The second-order valence-corrected chi connectivity index (χ2v) is 9.19. The van der Waals surface area contributed by atoms with E-state index >= 15 is 0 Å². The highest BCUT2D eigenvalue weighted by Gasteiger charge is 2.19. The van der Waals surface area contributed by atoms with E-state index in [1.54, 1.807) is 12.4 Å². The van der Waals surface area contributed by atoms with E-state index in [1.165, 1.54) is 0 Å². The van der Waals surface area contributed by atoms with E-state index in [2.05, 4.69) is 52.9 Å². The average molecular weight is 457 g/mol. The van der Waals surface area contributed by atoms with Crippen LogP contribution in [-0.4, -0.2) is 20.4 Å². The van der Waals surface area contributed by atoms with Gasteiger partial charge >= 0.3 is 0 Å². The standard InChI is InChI=1S/C28H32N4O2/c1-6-8-20-11-19(5)31-28(34)24(20)15-30-27(33)23-12-22(21-9-7-10-29-14-21)13-25-26(23)18(4)16-32(25)17(2)3/h7,9-14,16-17H,6,8,15H2,1-5H3,(H,30,33)(H,31,34). The van der Waals surface area contributed by atoms with Gasteiger partial charge in [0.25, 0.3) is 11.5 Å². The summed E-state index contributed by atoms with van der Waals surface area (Å²) in [6.45, 7) is 10.5. The maximum atomic E-state index is 13.5. The van der Waals surface area contributed by atoms with Gasteiger partial charge in [0.1, 0.15) is 0 Å². The fraction of sp³-hybridized carbons (Fsp3) is 0.321. The highest BCUT2D eigenvalue weighted by molar-refractivity contribution is 6.09. The summed E-state index contributed by atoms with van der Waals surface area (Å²) in [5, 5.41) is 3.96. The number of rotatable bonds is 7. The molecule has 0 aliphatic heterocycles. The van der Waals surface area contributed by atoms with Gasteiger partial charge in [-0.3, -0.25) is 14.6 Å². The Morgan fingerprint density at radius 3 is 2.65 bits per heavy atom. The number of aromatic nitrogens is 3. The molecule has 3 heterocycles. The maximum absolute atomic E-state index is 13.5. The Kier molecular flexibility index (Phi) is 6.68. The van der Waals surface area contributed by atoms with Crippen LogP contribution in [0.25, 0.3) is 22.0 Å². The molecule has 0 saturated carbocycles. The van der Waals surface area contributed by atoms with Gasteiger partial charge in [0.05, 0.1) is 0 Å². The van der Waals surface area contributed by atoms with Gasteiger partial charge in [-0.2, -0.15) is 0 Å². The number of H-pyrrole nitrogens is 1. The third-order valence-electron chi connectivity index (χ3n) is 6.23. The molecule has 0 unspecified atom stereocenters. The lowest BCUT2D eigenvalue weighted by Crippen LogP contribution is -2.28. The van der Waals surface area contributed by atoms with Crippen molar-refractivity contribution in [2.75, 3.05) is 0 Å². The van der Waals surface area contributed by atoms with Crippen molar-refractivity contribution in [1.82, 2.24) is 19.9 Å². The molecule has 0 radical (unpaired) electrons. The first-order valence-corrected chi connectivity index (χ1v) is 11.9. The number of aromatic amines is 1. The van der Waals surface area contributed by atoms with Crippen LogP contribution in [0.3, 0.4) is 0 Å². The summed E-state index contributed by atoms with van der Waals surface area (Å²) in [6.07, 6.45) is 7.38. The summed E-state index contributed by atoms with van der Waals surface area (Å²) in [6, 6.07) is 10.2. The van der Waals surface area contributed by atoms with E-state index in [-0.39, 0.29) is 24.1 Å². The fourth-order valence-corrected chi connectivity index (χ4v) is 4.63. The molecular weight excluding hydrogens is 424 g/mol. The predicted octanol–water partition coefficient (Wildman–Crippen LogP) is 5.47. The zero-order valence-electron chi connectivity index (χ0n) is 20.5. The molecule has 4 rings (SSSR count). The van der Waals surface area contributed by atoms with Crippen molar-refractivity contribution in [3.8, 4) is 11.1 Å². The molecule has 2 N–H and O–H groups in total. The Hall–Kier alpha value is -3.67. The Balaban J connectivity index is 1.78. The lowest BCUT2D eigenvalue weighted by Gasteiger charge is -2.14. The lowest BCUT2D eigenvalue weighted by molar-refractivity contribution is 0.0952. The van der Waals surface area contributed by atoms with Gasteiger partial charge in [-0.15, -0.1) is 0 Å². The van der Waals surface area contributed by atoms with Crippen LogP contribution in [0.15, 0.2) is 53.7 Å². The molecule has 0 spiro atoms. The summed E-state index contributed by atoms with van der Waals surface area (Å²) >= 11 is 0. The first-order valence-electron chi connectivity index (χ1n) is 11.9. The first-order chi connectivity index (χ1) is 16.3. The minimum atomic E-state index is -0.192. The van der Waals surface area contributed by atoms with Crippen LogP contribution < -0.4 is 10.9 Å². The Morgan fingerprint density at radius 1 is 1.18 bits per heavy atom. The monoisotopic (exact) mass is 456 g/mol. The normalized spacial score (nSPS) is 11.4. The molecule has 176 valence electrons. The van der Waals surface area contributed by atoms with Crippen molar-refractivity contribution in [1.29, 1.82) is 0 Å². The third-order valence-corrected chi connectivity index (χ3v) is 6.23. The number of nitrogens with one attached hydrogen (secondary N) is 2. The molecule has 4 aromatic rings. The Labute approximate surface area is 200 Å². The molecule has 6 nitrogen and oxygen atoms in total. The van der Waals surface area contributed by atoms with E-state index < -0.39 is 0 Å². The van der Waals surface area contributed by atoms with Crippen LogP contribution in [0.1, 0.15) is 66.0 Å². The molecule has 1 aromatic carbocycles. The zero-order valence-corrected chi connectivity index (χ0v) is 20.5. The summed E-state index contributed by atoms with van der Waals surface area (Å²) < 4.78 is 2.20. The SMILES string of the molecule is CCCc1cc(C)[nH]c(=O)c1CNC(=O)c1cc(-c2cccnc2)cc2c1c(C)cn2C(C)C. The number of hydrogen-bond donors (Lipinski definition) is 2. The van der Waals surface area contributed by atoms with Gasteiger partial charge in [-0.05, 0) is 75.1 Å². The number of aryl methyl sites for hydroxylation is 3. The van der Waals surface area contributed by atoms with Crippen LogP contribution >= 0.6 is 0 Å². The number of carbonyl (C=O) groups excluding carboxylic acids is 1. The molecular formula is C28H32N4O2. The molecule has 0 bridgehead atoms. The molecule has 6 heteroatoms. The molecule has 3 aromatic heterocycles. The van der Waals surface area contributed by atoms with Gasteiger partial charge in [0.2, 0.25) is 0 Å². The van der Waals surface area contributed by atoms with Crippen molar-refractivity contribution >= 4 is 16.8 Å². The second kappa shape index (κ2) is 9.67. The summed E-state index contributed by atoms with van der Waals surface area (Å²) in [5.41, 5.74) is 6.86. The van der Waals surface area contributed by atoms with Crippen LogP contribution in [0.5, 0.6) is 0 Å². The van der Waals surface area contributed by atoms with Crippen molar-refractivity contribution in [2.45, 2.75) is 60.0 Å². The molecule has 0 atom stereocenters. The molecule has 34 heavy (non-hydrogen) atoms. The molecule has 0 aliphatic carbocycles. The van der Waals surface area contributed by atoms with Crippen LogP contribution in [0.4, 0.5) is 0 Å². The minimum Gasteiger partial charge on any atom is -0.348 e. The van der Waals surface area contributed by atoms with E-state index in [4.69, 9.17) is 0 Å². The van der Waals surface area contributed by atoms with E-state index in [0.717, 1.165) is 51.7 Å². The van der Waals surface area contributed by atoms with Gasteiger partial charge in [-0.25, -0.2) is 0 Å². The van der Waals surface area contributed by atoms with Crippen molar-refractivity contribution in [2.24, 2.45) is 0 Å². The highest BCUT2D eigenvalue weighted by atomic mass is 16.1. The number of fused-ring (bicyclic) bond motifs is 1. The van der Waals surface area contributed by atoms with Gasteiger partial charge < -0.3 is 14.9 Å². The Bertz CT molecular complexity index is 1400. The van der Waals surface area contributed by atoms with Crippen molar-refractivity contribution in [3.63, 3.8) is 0 Å². The number of hydrogen-bond acceptors (Lipinski definition) is 3. The van der Waals surface area contributed by atoms with Gasteiger partial charge in [0, 0.05) is 64.5 Å². The Morgan fingerprint density at radius 2 is 1.97 bits per heavy atom. The molecule has 0 saturated heterocycles. The fourth-order valence-electron chi connectivity index (χ4n) is 4.63. The van der Waals surface area contributed by atoms with Crippen LogP contribution in [0, 0.1) is 13.8 Å². The molecule has 1 amide bonds. The highest BCUT2D eigenvalue weighted by Crippen LogP contribution is 2.32. The smallest absolute Gasteiger partial charge is 0.253 e. The second-order valence-electron chi connectivity index (χ2n) is 9.19. The summed E-state index contributed by atoms with van der Waals surface area (Å²) in [7, 11) is 0. The third kappa shape index (κ3) is 4.53. The maximum Gasteiger partial charge on any atom is 0.253 e. The first kappa shape index (κ1) is 23.5. The molecule has 0 fully saturated rings. The van der Waals surface area contributed by atoms with Gasteiger partial charge in [-0.1, -0.05) is 19.4 Å². The number of amides is 1. The van der Waals surface area contributed by atoms with E-state index in [1.807, 2.05) is 38.1 Å². The summed E-state index contributed by atoms with van der Waals surface area (Å²) in [4.78, 5) is 33.3. The molecule has 0 aliphatic rings. The van der Waals surface area contributed by atoms with Crippen molar-refractivity contribution in [3.05, 3.63) is 87.2 Å². The number of carbonyl (C=O) groups is 1. The largest absolute Gasteiger partial charge is 0.348 e. The lowest BCUT2D eigenvalue weighted by atomic mass is 9.98. The van der Waals surface area contributed by atoms with Gasteiger partial charge in [0.15, 0.2) is 0 Å². The van der Waals surface area contributed by atoms with E-state index in [9.17, 15) is 9.59 Å². The summed E-state index contributed by atoms with van der Waals surface area (Å²) in [5.74, 6) is -0.192. The minimum absolute atomic E-state index is 0.139. The van der Waals surface area contributed by atoms with Crippen molar-refractivity contribution < 1.29 is 4.79 Å². The quantitative estimate of drug-likeness (QED) is 0.387.